The van der Waals surface area contributed by atoms with Crippen molar-refractivity contribution in [3.63, 3.8) is 0 Å². The average molecular weight is 336 g/mol. The zero-order chi connectivity index (χ0) is 17.8. The van der Waals surface area contributed by atoms with E-state index in [9.17, 15) is 4.39 Å². The number of nitrogens with zero attached hydrogens (tertiary/aromatic N) is 1. The summed E-state index contributed by atoms with van der Waals surface area (Å²) in [7, 11) is 0. The average Bonchev–Trinajstić information content (AvgIpc) is 2.58. The molecule has 0 amide bonds. The summed E-state index contributed by atoms with van der Waals surface area (Å²) >= 11 is 0. The van der Waals surface area contributed by atoms with Gasteiger partial charge in [-0.1, -0.05) is 44.2 Å². The van der Waals surface area contributed by atoms with Crippen LogP contribution < -0.4 is 5.32 Å². The lowest BCUT2D eigenvalue weighted by Crippen LogP contribution is -2.48. The minimum atomic E-state index is -0.353. The first-order chi connectivity index (χ1) is 11.8. The van der Waals surface area contributed by atoms with E-state index in [0.717, 1.165) is 29.8 Å². The lowest BCUT2D eigenvalue weighted by molar-refractivity contribution is 0.291. The summed E-state index contributed by atoms with van der Waals surface area (Å²) in [5.74, 6) is 0.137. The second kappa shape index (κ2) is 5.42. The first kappa shape index (κ1) is 16.3. The Bertz CT molecular complexity index is 864. The van der Waals surface area contributed by atoms with E-state index in [1.54, 1.807) is 6.07 Å². The van der Waals surface area contributed by atoms with Gasteiger partial charge >= 0.3 is 0 Å². The van der Waals surface area contributed by atoms with E-state index in [0.29, 0.717) is 0 Å². The highest BCUT2D eigenvalue weighted by atomic mass is 19.1. The van der Waals surface area contributed by atoms with Crippen molar-refractivity contribution in [1.82, 2.24) is 0 Å². The molecule has 0 bridgehead atoms. The summed E-state index contributed by atoms with van der Waals surface area (Å²) in [6, 6.07) is 13.8. The van der Waals surface area contributed by atoms with Gasteiger partial charge in [0, 0.05) is 40.4 Å². The van der Waals surface area contributed by atoms with Crippen molar-refractivity contribution in [1.29, 1.82) is 0 Å². The lowest BCUT2D eigenvalue weighted by Gasteiger charge is -2.46. The van der Waals surface area contributed by atoms with Gasteiger partial charge in [-0.3, -0.25) is 4.99 Å². The van der Waals surface area contributed by atoms with Crippen molar-refractivity contribution in [2.45, 2.75) is 45.1 Å². The molecule has 25 heavy (non-hydrogen) atoms. The van der Waals surface area contributed by atoms with Gasteiger partial charge < -0.3 is 5.32 Å². The highest BCUT2D eigenvalue weighted by Gasteiger charge is 2.46. The summed E-state index contributed by atoms with van der Waals surface area (Å²) in [6.07, 6.45) is 0.939. The predicted octanol–water partition coefficient (Wildman–Crippen LogP) is 4.97. The molecule has 0 saturated carbocycles. The molecule has 2 aromatic carbocycles. The van der Waals surface area contributed by atoms with Crippen LogP contribution in [0.25, 0.3) is 0 Å². The summed E-state index contributed by atoms with van der Waals surface area (Å²) < 4.78 is 14.8. The number of hydrogen-bond donors (Lipinski definition) is 1. The van der Waals surface area contributed by atoms with Gasteiger partial charge in [-0.05, 0) is 38.0 Å². The van der Waals surface area contributed by atoms with Crippen LogP contribution in [-0.4, -0.2) is 17.8 Å². The van der Waals surface area contributed by atoms with Crippen molar-refractivity contribution in [3.05, 3.63) is 65.0 Å². The number of fused-ring (bicyclic) bond motifs is 2. The number of hydrogen-bond acceptors (Lipinski definition) is 2. The summed E-state index contributed by atoms with van der Waals surface area (Å²) in [6.45, 7) is 9.27. The standard InChI is InChI=1S/C22H25FN2/c1-21(2)19-16(9-7-10-17(19)23)20(25-22(21,3)4)15-12-14-8-5-6-11-18(14)24-13-15/h5-11,15,24H,12-13H2,1-4H3. The fourth-order valence-electron chi connectivity index (χ4n) is 4.13. The third-order valence-corrected chi connectivity index (χ3v) is 6.25. The smallest absolute Gasteiger partial charge is 0.127 e. The zero-order valence-corrected chi connectivity index (χ0v) is 15.4. The fraction of sp³-hybridized carbons (Fsp3) is 0.409. The Labute approximate surface area is 149 Å². The molecule has 0 saturated heterocycles. The van der Waals surface area contributed by atoms with Crippen molar-refractivity contribution < 1.29 is 4.39 Å². The van der Waals surface area contributed by atoms with Crippen LogP contribution in [0.5, 0.6) is 0 Å². The van der Waals surface area contributed by atoms with Crippen LogP contribution in [0, 0.1) is 11.7 Å². The second-order valence-electron chi connectivity index (χ2n) is 8.28. The Hall–Kier alpha value is -2.16. The molecule has 3 heteroatoms. The molecule has 0 fully saturated rings. The van der Waals surface area contributed by atoms with E-state index < -0.39 is 0 Å². The van der Waals surface area contributed by atoms with Crippen LogP contribution >= 0.6 is 0 Å². The Morgan fingerprint density at radius 3 is 2.60 bits per heavy atom. The Kier molecular flexibility index (Phi) is 3.54. The summed E-state index contributed by atoms with van der Waals surface area (Å²) in [5, 5.41) is 3.53. The molecule has 2 heterocycles. The van der Waals surface area contributed by atoms with E-state index >= 15 is 0 Å². The Morgan fingerprint density at radius 1 is 1.04 bits per heavy atom. The molecular weight excluding hydrogens is 311 g/mol. The largest absolute Gasteiger partial charge is 0.384 e. The van der Waals surface area contributed by atoms with Gasteiger partial charge in [0.25, 0.3) is 0 Å². The molecule has 4 rings (SSSR count). The third-order valence-electron chi connectivity index (χ3n) is 6.25. The number of benzene rings is 2. The van der Waals surface area contributed by atoms with Crippen LogP contribution in [0.15, 0.2) is 47.5 Å². The van der Waals surface area contributed by atoms with Gasteiger partial charge in [0.15, 0.2) is 0 Å². The Balaban J connectivity index is 1.83. The van der Waals surface area contributed by atoms with Crippen LogP contribution in [-0.2, 0) is 11.8 Å². The van der Waals surface area contributed by atoms with Gasteiger partial charge in [-0.25, -0.2) is 4.39 Å². The molecular formula is C22H25FN2. The molecule has 2 aliphatic heterocycles. The van der Waals surface area contributed by atoms with Crippen LogP contribution in [0.1, 0.15) is 44.4 Å². The van der Waals surface area contributed by atoms with E-state index in [1.807, 2.05) is 12.1 Å². The molecule has 0 spiro atoms. The van der Waals surface area contributed by atoms with Gasteiger partial charge in [-0.2, -0.15) is 0 Å². The molecule has 1 atom stereocenters. The molecule has 2 aromatic rings. The molecule has 1 unspecified atom stereocenters. The van der Waals surface area contributed by atoms with E-state index in [-0.39, 0.29) is 22.7 Å². The van der Waals surface area contributed by atoms with Crippen molar-refractivity contribution >= 4 is 11.4 Å². The van der Waals surface area contributed by atoms with Crippen molar-refractivity contribution in [2.24, 2.45) is 10.9 Å². The molecule has 0 aromatic heterocycles. The predicted molar refractivity (Wildman–Crippen MR) is 102 cm³/mol. The number of anilines is 1. The minimum Gasteiger partial charge on any atom is -0.384 e. The normalized spacial score (nSPS) is 23.1. The topological polar surface area (TPSA) is 24.4 Å². The Morgan fingerprint density at radius 2 is 1.80 bits per heavy atom. The lowest BCUT2D eigenvalue weighted by atomic mass is 9.64. The van der Waals surface area contributed by atoms with Gasteiger partial charge in [0.05, 0.1) is 5.54 Å². The van der Waals surface area contributed by atoms with E-state index in [2.05, 4.69) is 57.3 Å². The maximum Gasteiger partial charge on any atom is 0.127 e. The maximum atomic E-state index is 14.8. The molecule has 130 valence electrons. The van der Waals surface area contributed by atoms with Crippen LogP contribution in [0.2, 0.25) is 0 Å². The third kappa shape index (κ3) is 2.40. The zero-order valence-electron chi connectivity index (χ0n) is 15.4. The first-order valence-electron chi connectivity index (χ1n) is 9.02. The fourth-order valence-corrected chi connectivity index (χ4v) is 4.13. The van der Waals surface area contributed by atoms with Gasteiger partial charge in [0.2, 0.25) is 0 Å². The minimum absolute atomic E-state index is 0.118. The van der Waals surface area contributed by atoms with Gasteiger partial charge in [-0.15, -0.1) is 0 Å². The molecule has 1 N–H and O–H groups in total. The quantitative estimate of drug-likeness (QED) is 0.781. The monoisotopic (exact) mass is 336 g/mol. The summed E-state index contributed by atoms with van der Waals surface area (Å²) in [4.78, 5) is 5.16. The number of rotatable bonds is 1. The van der Waals surface area contributed by atoms with Crippen molar-refractivity contribution in [2.75, 3.05) is 11.9 Å². The van der Waals surface area contributed by atoms with Gasteiger partial charge in [0.1, 0.15) is 5.82 Å². The number of para-hydroxylation sites is 1. The van der Waals surface area contributed by atoms with Crippen LogP contribution in [0.4, 0.5) is 10.1 Å². The second-order valence-corrected chi connectivity index (χ2v) is 8.28. The maximum absolute atomic E-state index is 14.8. The summed E-state index contributed by atoms with van der Waals surface area (Å²) in [5.41, 5.74) is 4.64. The highest BCUT2D eigenvalue weighted by molar-refractivity contribution is 6.06. The highest BCUT2D eigenvalue weighted by Crippen LogP contribution is 2.45. The van der Waals surface area contributed by atoms with E-state index in [1.165, 1.54) is 11.3 Å². The van der Waals surface area contributed by atoms with Crippen molar-refractivity contribution in [3.8, 4) is 0 Å². The molecule has 2 aliphatic rings. The number of aliphatic imine (C=N–C) groups is 1. The first-order valence-corrected chi connectivity index (χ1v) is 9.02. The molecule has 2 nitrogen and oxygen atoms in total. The van der Waals surface area contributed by atoms with E-state index in [4.69, 9.17) is 4.99 Å². The number of halogens is 1. The SMILES string of the molecule is CC1(C)N=C(C2CNc3ccccc3C2)c2cccc(F)c2C1(C)C. The molecule has 0 radical (unpaired) electrons. The van der Waals surface area contributed by atoms with Crippen LogP contribution in [0.3, 0.4) is 0 Å². The number of nitrogens with one attached hydrogen (secondary N) is 1. The molecule has 0 aliphatic carbocycles.